The van der Waals surface area contributed by atoms with Gasteiger partial charge in [0.05, 0.1) is 12.9 Å². The highest BCUT2D eigenvalue weighted by molar-refractivity contribution is 7.86. The van der Waals surface area contributed by atoms with Crippen LogP contribution >= 0.6 is 0 Å². The Balaban J connectivity index is 0.000000798. The summed E-state index contributed by atoms with van der Waals surface area (Å²) in [4.78, 5) is 21.8. The molecule has 0 atom stereocenters. The maximum absolute atomic E-state index is 13.5. The largest absolute Gasteiger partial charge is 0.495 e. The van der Waals surface area contributed by atoms with Gasteiger partial charge in [-0.15, -0.1) is 3.89 Å². The Bertz CT molecular complexity index is 1470. The molecule has 0 saturated carbocycles. The molecule has 1 aliphatic rings. The van der Waals surface area contributed by atoms with Gasteiger partial charge in [-0.25, -0.2) is 4.99 Å². The van der Waals surface area contributed by atoms with Crippen LogP contribution in [0.2, 0.25) is 0 Å². The standard InChI is InChI=1S/C21H25FN6O4S.C2H6O3S/c1-21(2)27-19(23)26-20(24)28(21)15-8-4-13(5-9-15)6-11-18(29)25-14-7-10-16(32-3)17(12-14)33(22,30)31;1-2-6(3,4)5/h4-5,7-10,12H,6,11H2,1-3H3,(H,25,29)(H4,23,24,26,27);2H2,1H3,(H,3,4,5). The van der Waals surface area contributed by atoms with Crippen LogP contribution in [0.25, 0.3) is 0 Å². The first-order chi connectivity index (χ1) is 18.0. The van der Waals surface area contributed by atoms with Gasteiger partial charge in [-0.2, -0.15) is 21.8 Å². The molecular weight excluding hydrogens is 555 g/mol. The zero-order valence-electron chi connectivity index (χ0n) is 21.8. The predicted octanol–water partition coefficient (Wildman–Crippen LogP) is 2.00. The monoisotopic (exact) mass is 586 g/mol. The number of methoxy groups -OCH3 is 1. The number of rotatable bonds is 8. The highest BCUT2D eigenvalue weighted by Crippen LogP contribution is 2.29. The second kappa shape index (κ2) is 12.4. The van der Waals surface area contributed by atoms with Crippen molar-refractivity contribution in [3.63, 3.8) is 0 Å². The van der Waals surface area contributed by atoms with Gasteiger partial charge in [0.1, 0.15) is 16.3 Å². The Morgan fingerprint density at radius 2 is 1.72 bits per heavy atom. The number of ether oxygens (including phenoxy) is 1. The molecule has 3 rings (SSSR count). The molecule has 0 fully saturated rings. The molecule has 0 spiro atoms. The van der Waals surface area contributed by atoms with Crippen LogP contribution in [0.3, 0.4) is 0 Å². The Morgan fingerprint density at radius 3 is 2.21 bits per heavy atom. The summed E-state index contributed by atoms with van der Waals surface area (Å²) in [6.07, 6.45) is 0.553. The summed E-state index contributed by atoms with van der Waals surface area (Å²) in [6, 6.07) is 11.1. The highest BCUT2D eigenvalue weighted by Gasteiger charge is 2.32. The molecule has 1 aliphatic heterocycles. The topological polar surface area (TPSA) is 207 Å². The maximum atomic E-state index is 13.5. The van der Waals surface area contributed by atoms with Gasteiger partial charge in [0.25, 0.3) is 10.1 Å². The molecule has 0 aromatic heterocycles. The maximum Gasteiger partial charge on any atom is 0.335 e. The van der Waals surface area contributed by atoms with E-state index in [-0.39, 0.29) is 41.4 Å². The van der Waals surface area contributed by atoms with Crippen molar-refractivity contribution in [1.29, 1.82) is 0 Å². The summed E-state index contributed by atoms with van der Waals surface area (Å²) < 4.78 is 67.8. The van der Waals surface area contributed by atoms with Crippen molar-refractivity contribution in [3.8, 4) is 5.75 Å². The summed E-state index contributed by atoms with van der Waals surface area (Å²) in [5.74, 6) is -0.359. The van der Waals surface area contributed by atoms with Gasteiger partial charge in [0.2, 0.25) is 17.8 Å². The fourth-order valence-corrected chi connectivity index (χ4v) is 4.15. The van der Waals surface area contributed by atoms with Crippen molar-refractivity contribution in [1.82, 2.24) is 0 Å². The molecule has 0 radical (unpaired) electrons. The van der Waals surface area contributed by atoms with Crippen LogP contribution in [0, 0.1) is 0 Å². The molecule has 6 N–H and O–H groups in total. The van der Waals surface area contributed by atoms with E-state index in [1.807, 2.05) is 38.1 Å². The number of nitrogens with zero attached hydrogens (tertiary/aromatic N) is 3. The zero-order chi connectivity index (χ0) is 29.6. The first kappa shape index (κ1) is 31.5. The van der Waals surface area contributed by atoms with E-state index in [4.69, 9.17) is 20.8 Å². The van der Waals surface area contributed by atoms with Crippen LogP contribution < -0.4 is 26.4 Å². The molecular formula is C23H31FN6O7S2. The van der Waals surface area contributed by atoms with E-state index < -0.39 is 30.9 Å². The summed E-state index contributed by atoms with van der Waals surface area (Å²) in [5, 5.41) is 2.57. The van der Waals surface area contributed by atoms with Crippen LogP contribution in [0.4, 0.5) is 15.3 Å². The van der Waals surface area contributed by atoms with Crippen molar-refractivity contribution >= 4 is 49.5 Å². The molecule has 2 aromatic carbocycles. The predicted molar refractivity (Wildman–Crippen MR) is 147 cm³/mol. The van der Waals surface area contributed by atoms with E-state index in [9.17, 15) is 25.5 Å². The molecule has 214 valence electrons. The molecule has 0 saturated heterocycles. The van der Waals surface area contributed by atoms with Crippen molar-refractivity contribution < 1.29 is 34.8 Å². The number of halogens is 1. The number of aryl methyl sites for hydroxylation is 1. The molecule has 0 unspecified atom stereocenters. The summed E-state index contributed by atoms with van der Waals surface area (Å²) in [7, 11) is -7.44. The van der Waals surface area contributed by atoms with Crippen LogP contribution in [-0.2, 0) is 31.6 Å². The number of nitrogens with two attached hydrogens (primary N) is 2. The summed E-state index contributed by atoms with van der Waals surface area (Å²) in [5.41, 5.74) is 12.8. The number of benzene rings is 2. The van der Waals surface area contributed by atoms with E-state index in [1.165, 1.54) is 26.2 Å². The van der Waals surface area contributed by atoms with Gasteiger partial charge in [0, 0.05) is 17.8 Å². The lowest BCUT2D eigenvalue weighted by Gasteiger charge is -2.38. The summed E-state index contributed by atoms with van der Waals surface area (Å²) in [6.45, 7) is 5.09. The smallest absolute Gasteiger partial charge is 0.335 e. The number of hydrogen-bond donors (Lipinski definition) is 4. The zero-order valence-corrected chi connectivity index (χ0v) is 23.4. The van der Waals surface area contributed by atoms with Gasteiger partial charge in [-0.3, -0.25) is 14.2 Å². The van der Waals surface area contributed by atoms with Crippen LogP contribution in [-0.4, -0.2) is 57.7 Å². The first-order valence-corrected chi connectivity index (χ1v) is 14.4. The first-order valence-electron chi connectivity index (χ1n) is 11.4. The molecule has 13 nitrogen and oxygen atoms in total. The summed E-state index contributed by atoms with van der Waals surface area (Å²) >= 11 is 0. The number of amides is 1. The second-order valence-corrected chi connectivity index (χ2v) is 11.7. The number of hydrogen-bond acceptors (Lipinski definition) is 11. The van der Waals surface area contributed by atoms with Crippen molar-refractivity contribution in [2.75, 3.05) is 23.1 Å². The Hall–Kier alpha value is -3.76. The minimum absolute atomic E-state index is 0.115. The van der Waals surface area contributed by atoms with Gasteiger partial charge >= 0.3 is 10.2 Å². The minimum atomic E-state index is -5.00. The quantitative estimate of drug-likeness (QED) is 0.261. The van der Waals surface area contributed by atoms with Gasteiger partial charge in [-0.1, -0.05) is 12.1 Å². The van der Waals surface area contributed by atoms with Gasteiger partial charge in [-0.05, 0) is 63.1 Å². The Morgan fingerprint density at radius 1 is 1.13 bits per heavy atom. The molecule has 16 heteroatoms. The van der Waals surface area contributed by atoms with Gasteiger partial charge in [0.15, 0.2) is 0 Å². The lowest BCUT2D eigenvalue weighted by molar-refractivity contribution is -0.116. The third-order valence-corrected chi connectivity index (χ3v) is 6.88. The molecule has 0 bridgehead atoms. The molecule has 39 heavy (non-hydrogen) atoms. The molecule has 0 aliphatic carbocycles. The lowest BCUT2D eigenvalue weighted by Crippen LogP contribution is -2.54. The Kier molecular flexibility index (Phi) is 10.0. The van der Waals surface area contributed by atoms with E-state index in [1.54, 1.807) is 4.90 Å². The number of anilines is 2. The molecule has 1 heterocycles. The molecule has 2 aromatic rings. The average Bonchev–Trinajstić information content (AvgIpc) is 2.81. The lowest BCUT2D eigenvalue weighted by atomic mass is 10.1. The van der Waals surface area contributed by atoms with Gasteiger partial charge < -0.3 is 21.5 Å². The van der Waals surface area contributed by atoms with Crippen molar-refractivity contribution in [2.45, 2.75) is 44.2 Å². The SMILES string of the molecule is CCS(=O)(=O)O.COc1ccc(NC(=O)CCc2ccc(N3C(N)=NC(N)=NC3(C)C)cc2)cc1S(=O)(=O)F. The fraction of sp³-hybridized carbons (Fsp3) is 0.348. The number of carbonyl (C=O) groups excluding carboxylic acids is 1. The van der Waals surface area contributed by atoms with E-state index in [0.717, 1.165) is 17.3 Å². The normalized spacial score (nSPS) is 14.9. The number of guanidine groups is 2. The third kappa shape index (κ3) is 9.19. The second-order valence-electron chi connectivity index (χ2n) is 8.66. The number of carbonyl (C=O) groups is 1. The van der Waals surface area contributed by atoms with Crippen molar-refractivity contribution in [2.24, 2.45) is 21.5 Å². The number of nitrogens with one attached hydrogen (secondary N) is 1. The Labute approximate surface area is 226 Å². The van der Waals surface area contributed by atoms with Crippen LogP contribution in [0.5, 0.6) is 5.75 Å². The molecule has 1 amide bonds. The fourth-order valence-electron chi connectivity index (χ4n) is 3.49. The van der Waals surface area contributed by atoms with Crippen LogP contribution in [0.1, 0.15) is 32.8 Å². The van der Waals surface area contributed by atoms with E-state index in [2.05, 4.69) is 15.3 Å². The third-order valence-electron chi connectivity index (χ3n) is 5.30. The van der Waals surface area contributed by atoms with E-state index in [0.29, 0.717) is 6.42 Å². The van der Waals surface area contributed by atoms with E-state index >= 15 is 0 Å². The average molecular weight is 587 g/mol. The van der Waals surface area contributed by atoms with Crippen LogP contribution in [0.15, 0.2) is 57.3 Å². The van der Waals surface area contributed by atoms with Crippen molar-refractivity contribution in [3.05, 3.63) is 48.0 Å². The highest BCUT2D eigenvalue weighted by atomic mass is 32.3. The number of aliphatic imine (C=N–C) groups is 2. The minimum Gasteiger partial charge on any atom is -0.495 e.